The molecule has 0 amide bonds. The first-order chi connectivity index (χ1) is 12.2. The van der Waals surface area contributed by atoms with Gasteiger partial charge in [-0.1, -0.05) is 0 Å². The molecule has 134 valence electrons. The quantitative estimate of drug-likeness (QED) is 0.841. The first-order valence-electron chi connectivity index (χ1n) is 8.54. The van der Waals surface area contributed by atoms with E-state index in [1.165, 1.54) is 18.5 Å². The van der Waals surface area contributed by atoms with Gasteiger partial charge in [-0.05, 0) is 43.4 Å². The van der Waals surface area contributed by atoms with Crippen molar-refractivity contribution >= 4 is 11.6 Å². The van der Waals surface area contributed by atoms with Gasteiger partial charge >= 0.3 is 0 Å². The van der Waals surface area contributed by atoms with Crippen molar-refractivity contribution in [3.05, 3.63) is 47.8 Å². The van der Waals surface area contributed by atoms with Crippen molar-refractivity contribution in [2.45, 2.75) is 31.7 Å². The number of nitrogens with zero attached hydrogens (tertiary/aromatic N) is 3. The summed E-state index contributed by atoms with van der Waals surface area (Å²) in [6.07, 6.45) is 5.12. The minimum atomic E-state index is -0.570. The molecule has 1 aromatic carbocycles. The fourth-order valence-electron chi connectivity index (χ4n) is 3.18. The Bertz CT molecular complexity index is 693. The Kier molecular flexibility index (Phi) is 5.75. The van der Waals surface area contributed by atoms with Gasteiger partial charge in [-0.15, -0.1) is 0 Å². The third-order valence-corrected chi connectivity index (χ3v) is 4.43. The van der Waals surface area contributed by atoms with E-state index in [9.17, 15) is 13.9 Å². The number of hydrogen-bond acceptors (Lipinski definition) is 5. The average molecular weight is 348 g/mol. The molecule has 2 heterocycles. The number of hydrogen-bond donors (Lipinski definition) is 2. The van der Waals surface area contributed by atoms with Gasteiger partial charge in [0.2, 0.25) is 0 Å². The number of aliphatic hydroxyl groups is 1. The molecule has 1 aromatic heterocycles. The van der Waals surface area contributed by atoms with E-state index in [2.05, 4.69) is 20.2 Å². The van der Waals surface area contributed by atoms with Crippen LogP contribution in [0.4, 0.5) is 20.4 Å². The SMILES string of the molecule is OCC1CCCCN1c1cc(NCCc2cc(F)cc(F)c2)ncn1. The van der Waals surface area contributed by atoms with Crippen molar-refractivity contribution in [2.24, 2.45) is 0 Å². The molecule has 1 aliphatic rings. The van der Waals surface area contributed by atoms with E-state index in [0.717, 1.165) is 37.7 Å². The summed E-state index contributed by atoms with van der Waals surface area (Å²) in [7, 11) is 0. The minimum absolute atomic E-state index is 0.0896. The number of halogens is 2. The lowest BCUT2D eigenvalue weighted by atomic mass is 10.0. The lowest BCUT2D eigenvalue weighted by Crippen LogP contribution is -2.42. The van der Waals surface area contributed by atoms with E-state index < -0.39 is 11.6 Å². The fourth-order valence-corrected chi connectivity index (χ4v) is 3.18. The highest BCUT2D eigenvalue weighted by atomic mass is 19.1. The Morgan fingerprint density at radius 1 is 1.12 bits per heavy atom. The second kappa shape index (κ2) is 8.20. The number of aromatic nitrogens is 2. The van der Waals surface area contributed by atoms with E-state index in [-0.39, 0.29) is 12.6 Å². The molecule has 1 unspecified atom stereocenters. The second-order valence-electron chi connectivity index (χ2n) is 6.24. The number of rotatable bonds is 6. The predicted octanol–water partition coefficient (Wildman–Crippen LogP) is 2.76. The highest BCUT2D eigenvalue weighted by Crippen LogP contribution is 2.24. The predicted molar refractivity (Wildman–Crippen MR) is 92.7 cm³/mol. The monoisotopic (exact) mass is 348 g/mol. The van der Waals surface area contributed by atoms with Crippen LogP contribution in [0.15, 0.2) is 30.6 Å². The summed E-state index contributed by atoms with van der Waals surface area (Å²) < 4.78 is 26.4. The van der Waals surface area contributed by atoms with Crippen LogP contribution in [0.5, 0.6) is 0 Å². The van der Waals surface area contributed by atoms with Gasteiger partial charge in [-0.3, -0.25) is 0 Å². The highest BCUT2D eigenvalue weighted by Gasteiger charge is 2.23. The number of nitrogens with one attached hydrogen (secondary N) is 1. The van der Waals surface area contributed by atoms with Gasteiger partial charge in [0.05, 0.1) is 12.6 Å². The van der Waals surface area contributed by atoms with E-state index >= 15 is 0 Å². The molecule has 25 heavy (non-hydrogen) atoms. The molecule has 2 N–H and O–H groups in total. The molecule has 1 saturated heterocycles. The maximum Gasteiger partial charge on any atom is 0.134 e. The highest BCUT2D eigenvalue weighted by molar-refractivity contribution is 5.49. The molecule has 3 rings (SSSR count). The lowest BCUT2D eigenvalue weighted by molar-refractivity contribution is 0.239. The fraction of sp³-hybridized carbons (Fsp3) is 0.444. The molecule has 0 radical (unpaired) electrons. The second-order valence-corrected chi connectivity index (χ2v) is 6.24. The van der Waals surface area contributed by atoms with Crippen LogP contribution in [0.1, 0.15) is 24.8 Å². The summed E-state index contributed by atoms with van der Waals surface area (Å²) in [5.74, 6) is 0.302. The molecule has 1 fully saturated rings. The molecule has 0 spiro atoms. The van der Waals surface area contributed by atoms with Crippen LogP contribution in [0.3, 0.4) is 0 Å². The molecule has 0 bridgehead atoms. The van der Waals surface area contributed by atoms with Crippen LogP contribution >= 0.6 is 0 Å². The molecular weight excluding hydrogens is 326 g/mol. The van der Waals surface area contributed by atoms with Crippen molar-refractivity contribution in [1.29, 1.82) is 0 Å². The third kappa shape index (κ3) is 4.63. The van der Waals surface area contributed by atoms with E-state index in [1.54, 1.807) is 0 Å². The standard InChI is InChI=1S/C18H22F2N4O/c19-14-7-13(8-15(20)9-14)4-5-21-17-10-18(23-12-22-17)24-6-2-1-3-16(24)11-25/h7-10,12,16,25H,1-6,11H2,(H,21,22,23). The van der Waals surface area contributed by atoms with Gasteiger partial charge in [0.25, 0.3) is 0 Å². The summed E-state index contributed by atoms with van der Waals surface area (Å²) in [5, 5.41) is 12.7. The van der Waals surface area contributed by atoms with Crippen LogP contribution in [-0.4, -0.2) is 40.8 Å². The van der Waals surface area contributed by atoms with Gasteiger partial charge in [0.15, 0.2) is 0 Å². The zero-order valence-corrected chi connectivity index (χ0v) is 14.0. The zero-order chi connectivity index (χ0) is 17.6. The molecule has 2 aromatic rings. The Labute approximate surface area is 145 Å². The Hall–Kier alpha value is -2.28. The van der Waals surface area contributed by atoms with Crippen LogP contribution < -0.4 is 10.2 Å². The molecule has 1 atom stereocenters. The van der Waals surface area contributed by atoms with Gasteiger partial charge < -0.3 is 15.3 Å². The average Bonchev–Trinajstić information content (AvgIpc) is 2.61. The third-order valence-electron chi connectivity index (χ3n) is 4.43. The van der Waals surface area contributed by atoms with Gasteiger partial charge in [0.1, 0.15) is 29.6 Å². The molecular formula is C18H22F2N4O. The number of piperidine rings is 1. The summed E-state index contributed by atoms with van der Waals surface area (Å²) in [4.78, 5) is 10.6. The summed E-state index contributed by atoms with van der Waals surface area (Å²) in [5.41, 5.74) is 0.593. The molecule has 7 heteroatoms. The largest absolute Gasteiger partial charge is 0.394 e. The summed E-state index contributed by atoms with van der Waals surface area (Å²) in [6, 6.07) is 5.46. The van der Waals surface area contributed by atoms with Crippen molar-refractivity contribution in [3.8, 4) is 0 Å². The van der Waals surface area contributed by atoms with Gasteiger partial charge in [-0.2, -0.15) is 0 Å². The number of aliphatic hydroxyl groups excluding tert-OH is 1. The van der Waals surface area contributed by atoms with Crippen molar-refractivity contribution in [2.75, 3.05) is 29.9 Å². The Balaban J connectivity index is 1.61. The summed E-state index contributed by atoms with van der Waals surface area (Å²) in [6.45, 7) is 1.48. The summed E-state index contributed by atoms with van der Waals surface area (Å²) >= 11 is 0. The molecule has 0 saturated carbocycles. The van der Waals surface area contributed by atoms with Crippen LogP contribution in [0.2, 0.25) is 0 Å². The van der Waals surface area contributed by atoms with E-state index in [1.807, 2.05) is 6.07 Å². The van der Waals surface area contributed by atoms with E-state index in [0.29, 0.717) is 24.3 Å². The van der Waals surface area contributed by atoms with Crippen molar-refractivity contribution in [3.63, 3.8) is 0 Å². The molecule has 0 aliphatic carbocycles. The van der Waals surface area contributed by atoms with E-state index in [4.69, 9.17) is 0 Å². The maximum atomic E-state index is 13.2. The lowest BCUT2D eigenvalue weighted by Gasteiger charge is -2.35. The zero-order valence-electron chi connectivity index (χ0n) is 14.0. The van der Waals surface area contributed by atoms with Crippen LogP contribution in [-0.2, 0) is 6.42 Å². The number of anilines is 2. The normalized spacial score (nSPS) is 17.6. The van der Waals surface area contributed by atoms with Crippen LogP contribution in [0, 0.1) is 11.6 Å². The Morgan fingerprint density at radius 2 is 1.92 bits per heavy atom. The van der Waals surface area contributed by atoms with Gasteiger partial charge in [0, 0.05) is 25.2 Å². The van der Waals surface area contributed by atoms with Gasteiger partial charge in [-0.25, -0.2) is 18.7 Å². The number of benzene rings is 1. The topological polar surface area (TPSA) is 61.3 Å². The molecule has 5 nitrogen and oxygen atoms in total. The minimum Gasteiger partial charge on any atom is -0.394 e. The first-order valence-corrected chi connectivity index (χ1v) is 8.54. The van der Waals surface area contributed by atoms with Crippen molar-refractivity contribution in [1.82, 2.24) is 9.97 Å². The maximum absolute atomic E-state index is 13.2. The smallest absolute Gasteiger partial charge is 0.134 e. The van der Waals surface area contributed by atoms with Crippen molar-refractivity contribution < 1.29 is 13.9 Å². The first kappa shape index (κ1) is 17.5. The van der Waals surface area contributed by atoms with Crippen LogP contribution in [0.25, 0.3) is 0 Å². The Morgan fingerprint density at radius 3 is 2.68 bits per heavy atom. The molecule has 1 aliphatic heterocycles.